The lowest BCUT2D eigenvalue weighted by molar-refractivity contribution is -0.146. The smallest absolute Gasteiger partial charge is 0.305 e. The predicted molar refractivity (Wildman–Crippen MR) is 138 cm³/mol. The average Bonchev–Trinajstić information content (AvgIpc) is 3.31. The molecule has 0 spiro atoms. The molecule has 1 aromatic rings. The van der Waals surface area contributed by atoms with Crippen molar-refractivity contribution in [3.05, 3.63) is 35.9 Å². The molecule has 1 aromatic carbocycles. The monoisotopic (exact) mass is 517 g/mol. The quantitative estimate of drug-likeness (QED) is 0.160. The van der Waals surface area contributed by atoms with E-state index in [9.17, 15) is 19.2 Å². The van der Waals surface area contributed by atoms with Gasteiger partial charge in [-0.25, -0.2) is 0 Å². The van der Waals surface area contributed by atoms with Gasteiger partial charge in [0.05, 0.1) is 24.9 Å². The fraction of sp³-hybridized carbons (Fsp3) is 0.560. The largest absolute Gasteiger partial charge is 0.469 e. The molecule has 0 radical (unpaired) electrons. The van der Waals surface area contributed by atoms with E-state index in [0.29, 0.717) is 31.6 Å². The molecule has 5 N–H and O–H groups in total. The van der Waals surface area contributed by atoms with Crippen LogP contribution in [0.3, 0.4) is 0 Å². The average molecular weight is 518 g/mol. The van der Waals surface area contributed by atoms with Gasteiger partial charge in [-0.15, -0.1) is 11.8 Å². The number of thioether (sulfide) groups is 1. The van der Waals surface area contributed by atoms with Crippen molar-refractivity contribution in [2.45, 2.75) is 62.4 Å². The van der Waals surface area contributed by atoms with E-state index >= 15 is 0 Å². The molecule has 3 rings (SSSR count). The lowest BCUT2D eigenvalue weighted by Crippen LogP contribution is -2.56. The second-order valence-corrected chi connectivity index (χ2v) is 10.3. The number of aliphatic imine (C=N–C) groups is 1. The maximum Gasteiger partial charge on any atom is 0.305 e. The molecule has 0 aliphatic carbocycles. The van der Waals surface area contributed by atoms with Crippen molar-refractivity contribution >= 4 is 41.3 Å². The third-order valence-corrected chi connectivity index (χ3v) is 7.90. The summed E-state index contributed by atoms with van der Waals surface area (Å²) >= 11 is 1.60. The third kappa shape index (κ3) is 7.46. The highest BCUT2D eigenvalue weighted by atomic mass is 32.2. The van der Waals surface area contributed by atoms with Gasteiger partial charge in [-0.1, -0.05) is 30.3 Å². The fourth-order valence-electron chi connectivity index (χ4n) is 4.64. The first-order valence-corrected chi connectivity index (χ1v) is 13.3. The van der Waals surface area contributed by atoms with Crippen molar-refractivity contribution in [1.82, 2.24) is 10.2 Å². The molecule has 10 nitrogen and oxygen atoms in total. The van der Waals surface area contributed by atoms with Gasteiger partial charge < -0.3 is 26.4 Å². The zero-order chi connectivity index (χ0) is 26.1. The summed E-state index contributed by atoms with van der Waals surface area (Å²) in [6.45, 7) is 0.312. The maximum atomic E-state index is 13.4. The molecule has 2 aliphatic rings. The summed E-state index contributed by atoms with van der Waals surface area (Å²) in [7, 11) is 1.26. The highest BCUT2D eigenvalue weighted by Gasteiger charge is 2.46. The highest BCUT2D eigenvalue weighted by molar-refractivity contribution is 8.00. The molecular weight excluding hydrogens is 482 g/mol. The van der Waals surface area contributed by atoms with Gasteiger partial charge in [0, 0.05) is 24.6 Å². The lowest BCUT2D eigenvalue weighted by atomic mass is 9.89. The number of guanidine groups is 1. The maximum absolute atomic E-state index is 13.4. The molecule has 36 heavy (non-hydrogen) atoms. The summed E-state index contributed by atoms with van der Waals surface area (Å²) in [5.74, 6) is -0.861. The number of fused-ring (bicyclic) bond motifs is 1. The third-order valence-electron chi connectivity index (χ3n) is 6.54. The van der Waals surface area contributed by atoms with Crippen molar-refractivity contribution < 1.29 is 23.9 Å². The number of hydrogen-bond acceptors (Lipinski definition) is 7. The Balaban J connectivity index is 1.66. The molecule has 4 atom stereocenters. The minimum absolute atomic E-state index is 0.0124. The summed E-state index contributed by atoms with van der Waals surface area (Å²) in [5, 5.41) is 2.82. The number of nitrogens with zero attached hydrogens (tertiary/aromatic N) is 2. The number of Topliss-reactive ketones (excluding diaryl/α,β-unsaturated/α-hetero) is 1. The van der Waals surface area contributed by atoms with Crippen LogP contribution < -0.4 is 16.8 Å². The number of nitrogens with two attached hydrogens (primary N) is 2. The Hall–Kier alpha value is -3.08. The molecule has 2 heterocycles. The Labute approximate surface area is 215 Å². The minimum atomic E-state index is -0.805. The van der Waals surface area contributed by atoms with Crippen LogP contribution in [-0.4, -0.2) is 71.3 Å². The van der Waals surface area contributed by atoms with Gasteiger partial charge in [-0.05, 0) is 37.7 Å². The highest BCUT2D eigenvalue weighted by Crippen LogP contribution is 2.39. The summed E-state index contributed by atoms with van der Waals surface area (Å²) in [4.78, 5) is 56.7. The van der Waals surface area contributed by atoms with Gasteiger partial charge in [0.2, 0.25) is 11.8 Å². The first-order chi connectivity index (χ1) is 17.3. The molecule has 0 bridgehead atoms. The van der Waals surface area contributed by atoms with E-state index in [1.54, 1.807) is 16.7 Å². The van der Waals surface area contributed by atoms with E-state index in [0.717, 1.165) is 18.4 Å². The normalized spacial score (nSPS) is 21.9. The van der Waals surface area contributed by atoms with Gasteiger partial charge in [0.25, 0.3) is 0 Å². The number of methoxy groups -OCH3 is 1. The van der Waals surface area contributed by atoms with E-state index in [1.807, 2.05) is 30.3 Å². The van der Waals surface area contributed by atoms with Crippen LogP contribution in [0.2, 0.25) is 0 Å². The number of carbonyl (C=O) groups excluding carboxylic acids is 4. The number of hydrogen-bond donors (Lipinski definition) is 3. The molecule has 2 fully saturated rings. The van der Waals surface area contributed by atoms with Crippen molar-refractivity contribution in [1.29, 1.82) is 0 Å². The molecule has 0 aromatic heterocycles. The predicted octanol–water partition coefficient (Wildman–Crippen LogP) is 0.970. The topological polar surface area (TPSA) is 157 Å². The fourth-order valence-corrected chi connectivity index (χ4v) is 6.07. The standard InChI is InChI=1S/C25H35N5O5S/c1-35-22(32)12-10-20(31)18(8-5-13-28-25(26)27)29-23(33)19-15-36-21-11-9-17(24(34)30(19)21)14-16-6-3-2-4-7-16/h2-4,6-7,17-19,21H,5,8-15H2,1H3,(H,29,33)(H4,26,27,28)/t17-,18?,19?,21?/m0/s1. The Morgan fingerprint density at radius 3 is 2.64 bits per heavy atom. The van der Waals surface area contributed by atoms with Crippen LogP contribution in [0.1, 0.15) is 44.1 Å². The second kappa shape index (κ2) is 13.3. The van der Waals surface area contributed by atoms with E-state index in [1.165, 1.54) is 7.11 Å². The molecule has 2 amide bonds. The number of carbonyl (C=O) groups is 4. The van der Waals surface area contributed by atoms with Crippen molar-refractivity contribution in [3.8, 4) is 0 Å². The Kier molecular flexibility index (Phi) is 10.2. The van der Waals surface area contributed by atoms with Crippen LogP contribution in [-0.2, 0) is 30.3 Å². The summed E-state index contributed by atoms with van der Waals surface area (Å²) < 4.78 is 4.62. The molecule has 2 saturated heterocycles. The van der Waals surface area contributed by atoms with Gasteiger partial charge in [0.1, 0.15) is 6.04 Å². The second-order valence-electron chi connectivity index (χ2n) is 9.07. The van der Waals surface area contributed by atoms with Gasteiger partial charge in [0.15, 0.2) is 11.7 Å². The van der Waals surface area contributed by atoms with Gasteiger partial charge in [-0.3, -0.25) is 24.2 Å². The zero-order valence-electron chi connectivity index (χ0n) is 20.6. The van der Waals surface area contributed by atoms with Crippen LogP contribution in [0.15, 0.2) is 35.3 Å². The first-order valence-electron chi connectivity index (χ1n) is 12.2. The van der Waals surface area contributed by atoms with Crippen LogP contribution in [0.5, 0.6) is 0 Å². The molecule has 196 valence electrons. The molecule has 3 unspecified atom stereocenters. The number of ether oxygens (including phenoxy) is 1. The SMILES string of the molecule is COC(=O)CCC(=O)C(CCCN=C(N)N)NC(=O)C1CSC2CC[C@@H](Cc3ccccc3)C(=O)N21. The number of ketones is 1. The van der Waals surface area contributed by atoms with E-state index in [2.05, 4.69) is 15.0 Å². The van der Waals surface area contributed by atoms with Crippen LogP contribution in [0, 0.1) is 5.92 Å². The number of amides is 2. The number of esters is 1. The summed E-state index contributed by atoms with van der Waals surface area (Å²) in [6.07, 6.45) is 2.92. The molecular formula is C25H35N5O5S. The lowest BCUT2D eigenvalue weighted by Gasteiger charge is -2.37. The van der Waals surface area contributed by atoms with Gasteiger partial charge >= 0.3 is 5.97 Å². The number of nitrogens with one attached hydrogen (secondary N) is 1. The number of piperidine rings is 1. The number of benzene rings is 1. The van der Waals surface area contributed by atoms with E-state index < -0.39 is 18.1 Å². The van der Waals surface area contributed by atoms with Crippen molar-refractivity contribution in [2.24, 2.45) is 22.4 Å². The Morgan fingerprint density at radius 1 is 1.19 bits per heavy atom. The van der Waals surface area contributed by atoms with E-state index in [-0.39, 0.29) is 47.7 Å². The van der Waals surface area contributed by atoms with Crippen LogP contribution in [0.25, 0.3) is 0 Å². The first kappa shape index (κ1) is 27.5. The van der Waals surface area contributed by atoms with Crippen LogP contribution >= 0.6 is 11.8 Å². The van der Waals surface area contributed by atoms with E-state index in [4.69, 9.17) is 11.5 Å². The number of rotatable bonds is 12. The minimum Gasteiger partial charge on any atom is -0.469 e. The molecule has 11 heteroatoms. The Bertz CT molecular complexity index is 969. The zero-order valence-corrected chi connectivity index (χ0v) is 21.4. The summed E-state index contributed by atoms with van der Waals surface area (Å²) in [6, 6.07) is 8.43. The summed E-state index contributed by atoms with van der Waals surface area (Å²) in [5.41, 5.74) is 11.8. The molecule has 0 saturated carbocycles. The van der Waals surface area contributed by atoms with Crippen LogP contribution in [0.4, 0.5) is 0 Å². The van der Waals surface area contributed by atoms with Crippen molar-refractivity contribution in [2.75, 3.05) is 19.4 Å². The molecule has 2 aliphatic heterocycles. The Morgan fingerprint density at radius 2 is 1.94 bits per heavy atom. The van der Waals surface area contributed by atoms with Gasteiger partial charge in [-0.2, -0.15) is 0 Å². The van der Waals surface area contributed by atoms with Crippen molar-refractivity contribution in [3.63, 3.8) is 0 Å².